The Morgan fingerprint density at radius 3 is 2.95 bits per heavy atom. The average molecular weight is 279 g/mol. The van der Waals surface area contributed by atoms with Crippen LogP contribution in [0.2, 0.25) is 0 Å². The lowest BCUT2D eigenvalue weighted by atomic mass is 10.2. The summed E-state index contributed by atoms with van der Waals surface area (Å²) in [4.78, 5) is 1.37. The van der Waals surface area contributed by atoms with Gasteiger partial charge in [0.1, 0.15) is 11.6 Å². The van der Waals surface area contributed by atoms with Crippen molar-refractivity contribution in [1.29, 1.82) is 0 Å². The van der Waals surface area contributed by atoms with Crippen LogP contribution in [0.25, 0.3) is 0 Å². The number of rotatable bonds is 7. The molecule has 7 heteroatoms. The van der Waals surface area contributed by atoms with Gasteiger partial charge in [-0.15, -0.1) is 10.2 Å². The molecule has 0 amide bonds. The lowest BCUT2D eigenvalue weighted by molar-refractivity contribution is 0.291. The van der Waals surface area contributed by atoms with Crippen LogP contribution >= 0.6 is 0 Å². The fourth-order valence-electron chi connectivity index (χ4n) is 1.75. The van der Waals surface area contributed by atoms with Crippen LogP contribution in [0, 0.1) is 5.82 Å². The summed E-state index contributed by atoms with van der Waals surface area (Å²) in [5.41, 5.74) is 0.780. The molecule has 0 aliphatic rings. The van der Waals surface area contributed by atoms with Crippen molar-refractivity contribution in [2.24, 2.45) is 7.05 Å². The maximum absolute atomic E-state index is 13.3. The Labute approximate surface area is 116 Å². The summed E-state index contributed by atoms with van der Waals surface area (Å²) in [6.07, 6.45) is 1.02. The second kappa shape index (κ2) is 6.95. The predicted octanol–water partition coefficient (Wildman–Crippen LogP) is 1.43. The van der Waals surface area contributed by atoms with E-state index in [9.17, 15) is 4.39 Å². The third kappa shape index (κ3) is 3.99. The molecule has 0 aliphatic heterocycles. The number of nitrogens with zero attached hydrogens (tertiary/aromatic N) is 4. The highest BCUT2D eigenvalue weighted by atomic mass is 19.1. The monoisotopic (exact) mass is 279 g/mol. The number of ether oxygens (including phenoxy) is 1. The molecule has 1 N–H and O–H groups in total. The largest absolute Gasteiger partial charge is 0.485 e. The van der Waals surface area contributed by atoms with Crippen molar-refractivity contribution in [3.8, 4) is 5.75 Å². The van der Waals surface area contributed by atoms with E-state index in [1.807, 2.05) is 0 Å². The molecule has 20 heavy (non-hydrogen) atoms. The van der Waals surface area contributed by atoms with E-state index >= 15 is 0 Å². The number of nitrogens with one attached hydrogen (secondary N) is 1. The molecule has 0 spiro atoms. The SMILES string of the molecule is CCCNCc1cc(F)ccc1OCc1nnn(C)n1. The zero-order valence-electron chi connectivity index (χ0n) is 11.6. The van der Waals surface area contributed by atoms with Crippen LogP contribution in [0.4, 0.5) is 4.39 Å². The Bertz CT molecular complexity index is 557. The highest BCUT2D eigenvalue weighted by Gasteiger charge is 2.07. The van der Waals surface area contributed by atoms with Crippen molar-refractivity contribution in [2.75, 3.05) is 6.54 Å². The number of tetrazole rings is 1. The number of hydrogen-bond donors (Lipinski definition) is 1. The van der Waals surface area contributed by atoms with E-state index in [1.54, 1.807) is 13.1 Å². The molecule has 1 aromatic heterocycles. The predicted molar refractivity (Wildman–Crippen MR) is 71.5 cm³/mol. The minimum atomic E-state index is -0.275. The maximum atomic E-state index is 13.3. The summed E-state index contributed by atoms with van der Waals surface area (Å²) in [6, 6.07) is 4.47. The Balaban J connectivity index is 2.01. The molecule has 0 atom stereocenters. The Morgan fingerprint density at radius 1 is 1.40 bits per heavy atom. The third-order valence-corrected chi connectivity index (χ3v) is 2.67. The maximum Gasteiger partial charge on any atom is 0.212 e. The molecule has 0 unspecified atom stereocenters. The van der Waals surface area contributed by atoms with Gasteiger partial charge >= 0.3 is 0 Å². The average Bonchev–Trinajstić information content (AvgIpc) is 2.84. The highest BCUT2D eigenvalue weighted by Crippen LogP contribution is 2.20. The fourth-order valence-corrected chi connectivity index (χ4v) is 1.75. The summed E-state index contributed by atoms with van der Waals surface area (Å²) in [7, 11) is 1.69. The van der Waals surface area contributed by atoms with Crippen molar-refractivity contribution < 1.29 is 9.13 Å². The molecular formula is C13H18FN5O. The van der Waals surface area contributed by atoms with E-state index in [0.717, 1.165) is 18.5 Å². The second-order valence-corrected chi connectivity index (χ2v) is 4.41. The lowest BCUT2D eigenvalue weighted by Crippen LogP contribution is -2.15. The van der Waals surface area contributed by atoms with Crippen LogP contribution in [0.1, 0.15) is 24.7 Å². The quantitative estimate of drug-likeness (QED) is 0.777. The molecule has 0 saturated heterocycles. The zero-order valence-corrected chi connectivity index (χ0v) is 11.6. The zero-order chi connectivity index (χ0) is 14.4. The molecule has 0 bridgehead atoms. The van der Waals surface area contributed by atoms with Gasteiger partial charge in [0, 0.05) is 12.1 Å². The van der Waals surface area contributed by atoms with Gasteiger partial charge in [0.05, 0.1) is 7.05 Å². The van der Waals surface area contributed by atoms with Crippen molar-refractivity contribution in [1.82, 2.24) is 25.5 Å². The van der Waals surface area contributed by atoms with E-state index < -0.39 is 0 Å². The standard InChI is InChI=1S/C13H18FN5O/c1-3-6-15-8-10-7-11(14)4-5-12(10)20-9-13-16-18-19(2)17-13/h4-5,7,15H,3,6,8-9H2,1-2H3. The van der Waals surface area contributed by atoms with Crippen molar-refractivity contribution in [2.45, 2.75) is 26.5 Å². The summed E-state index contributed by atoms with van der Waals surface area (Å²) in [5, 5.41) is 14.8. The summed E-state index contributed by atoms with van der Waals surface area (Å²) < 4.78 is 18.9. The van der Waals surface area contributed by atoms with Crippen molar-refractivity contribution in [3.05, 3.63) is 35.4 Å². The number of aryl methyl sites for hydroxylation is 1. The van der Waals surface area contributed by atoms with Crippen LogP contribution < -0.4 is 10.1 Å². The second-order valence-electron chi connectivity index (χ2n) is 4.41. The molecule has 0 fully saturated rings. The van der Waals surface area contributed by atoms with Gasteiger partial charge in [0.15, 0.2) is 6.61 Å². The summed E-state index contributed by atoms with van der Waals surface area (Å²) >= 11 is 0. The van der Waals surface area contributed by atoms with Gasteiger partial charge in [-0.1, -0.05) is 6.92 Å². The van der Waals surface area contributed by atoms with Gasteiger partial charge in [0.25, 0.3) is 0 Å². The molecule has 0 aliphatic carbocycles. The number of aromatic nitrogens is 4. The molecule has 1 heterocycles. The molecule has 108 valence electrons. The molecule has 0 saturated carbocycles. The minimum Gasteiger partial charge on any atom is -0.485 e. The van der Waals surface area contributed by atoms with Crippen molar-refractivity contribution in [3.63, 3.8) is 0 Å². The van der Waals surface area contributed by atoms with E-state index in [-0.39, 0.29) is 12.4 Å². The molecular weight excluding hydrogens is 261 g/mol. The van der Waals surface area contributed by atoms with Crippen LogP contribution in [0.15, 0.2) is 18.2 Å². The smallest absolute Gasteiger partial charge is 0.212 e. The molecule has 6 nitrogen and oxygen atoms in total. The number of hydrogen-bond acceptors (Lipinski definition) is 5. The number of halogens is 1. The topological polar surface area (TPSA) is 64.9 Å². The van der Waals surface area contributed by atoms with Gasteiger partial charge in [-0.3, -0.25) is 0 Å². The van der Waals surface area contributed by atoms with Crippen LogP contribution in [-0.2, 0) is 20.2 Å². The highest BCUT2D eigenvalue weighted by molar-refractivity contribution is 5.34. The molecule has 1 aromatic carbocycles. The Hall–Kier alpha value is -2.02. The van der Waals surface area contributed by atoms with Gasteiger partial charge in [-0.05, 0) is 36.4 Å². The first-order chi connectivity index (χ1) is 9.69. The van der Waals surface area contributed by atoms with E-state index in [1.165, 1.54) is 16.9 Å². The third-order valence-electron chi connectivity index (χ3n) is 2.67. The molecule has 2 rings (SSSR count). The lowest BCUT2D eigenvalue weighted by Gasteiger charge is -2.11. The van der Waals surface area contributed by atoms with Gasteiger partial charge in [0.2, 0.25) is 5.82 Å². The first-order valence-electron chi connectivity index (χ1n) is 6.54. The van der Waals surface area contributed by atoms with E-state index in [0.29, 0.717) is 18.1 Å². The van der Waals surface area contributed by atoms with Crippen LogP contribution in [0.5, 0.6) is 5.75 Å². The summed E-state index contributed by atoms with van der Waals surface area (Å²) in [5.74, 6) is 0.843. The van der Waals surface area contributed by atoms with Crippen molar-refractivity contribution >= 4 is 0 Å². The van der Waals surface area contributed by atoms with Gasteiger partial charge in [-0.2, -0.15) is 4.80 Å². The Morgan fingerprint density at radius 2 is 2.25 bits per heavy atom. The molecule has 0 radical (unpaired) electrons. The Kier molecular flexibility index (Phi) is 5.00. The number of benzene rings is 1. The molecule has 2 aromatic rings. The first kappa shape index (κ1) is 14.4. The van der Waals surface area contributed by atoms with Crippen LogP contribution in [-0.4, -0.2) is 26.8 Å². The fraction of sp³-hybridized carbons (Fsp3) is 0.462. The normalized spacial score (nSPS) is 10.8. The van der Waals surface area contributed by atoms with Gasteiger partial charge < -0.3 is 10.1 Å². The summed E-state index contributed by atoms with van der Waals surface area (Å²) in [6.45, 7) is 3.73. The van der Waals surface area contributed by atoms with Crippen LogP contribution in [0.3, 0.4) is 0 Å². The van der Waals surface area contributed by atoms with Gasteiger partial charge in [-0.25, -0.2) is 4.39 Å². The minimum absolute atomic E-state index is 0.209. The van der Waals surface area contributed by atoms with E-state index in [4.69, 9.17) is 4.74 Å². The first-order valence-corrected chi connectivity index (χ1v) is 6.54. The van der Waals surface area contributed by atoms with E-state index in [2.05, 4.69) is 27.7 Å².